The van der Waals surface area contributed by atoms with Crippen LogP contribution in [-0.4, -0.2) is 31.2 Å². The Morgan fingerprint density at radius 1 is 0.917 bits per heavy atom. The summed E-state index contributed by atoms with van der Waals surface area (Å²) in [5.41, 5.74) is 6.94. The number of benzene rings is 3. The normalized spacial score (nSPS) is 14.0. The van der Waals surface area contributed by atoms with Crippen molar-refractivity contribution >= 4 is 5.97 Å². The van der Waals surface area contributed by atoms with Crippen LogP contribution in [0.4, 0.5) is 0 Å². The van der Waals surface area contributed by atoms with Gasteiger partial charge in [0.2, 0.25) is 0 Å². The monoisotopic (exact) mass is 476 g/mol. The van der Waals surface area contributed by atoms with Crippen molar-refractivity contribution < 1.29 is 14.4 Å². The van der Waals surface area contributed by atoms with Gasteiger partial charge in [0, 0.05) is 16.7 Å². The molecule has 0 amide bonds. The van der Waals surface area contributed by atoms with Gasteiger partial charge in [-0.25, -0.2) is 4.68 Å². The maximum absolute atomic E-state index is 11.6. The molecule has 1 aliphatic carbocycles. The highest BCUT2D eigenvalue weighted by atomic mass is 16.5. The lowest BCUT2D eigenvalue weighted by molar-refractivity contribution is -0.140. The van der Waals surface area contributed by atoms with E-state index in [9.17, 15) is 9.90 Å². The van der Waals surface area contributed by atoms with Gasteiger partial charge in [-0.3, -0.25) is 4.79 Å². The largest absolute Gasteiger partial charge is 0.481 e. The number of aliphatic carboxylic acids is 1. The van der Waals surface area contributed by atoms with Crippen molar-refractivity contribution in [2.24, 2.45) is 0 Å². The fraction of sp³-hybridized carbons (Fsp3) is 0.172. The summed E-state index contributed by atoms with van der Waals surface area (Å²) in [5.74, 6) is -0.0272. The van der Waals surface area contributed by atoms with Gasteiger partial charge >= 0.3 is 5.97 Å². The SMILES string of the molecule is Cc1noc(-c2ccc(-c3ccc(C4(C(=O)O)CC4)cc3)cc2)c1Cn1nncc1-c1ccccc1. The second-order valence-electron chi connectivity index (χ2n) is 9.26. The summed E-state index contributed by atoms with van der Waals surface area (Å²) >= 11 is 0. The number of hydrogen-bond acceptors (Lipinski definition) is 5. The average Bonchev–Trinajstić information content (AvgIpc) is 3.48. The molecule has 1 N–H and O–H groups in total. The van der Waals surface area contributed by atoms with E-state index in [-0.39, 0.29) is 0 Å². The number of nitrogens with zero attached hydrogens (tertiary/aromatic N) is 4. The molecule has 0 saturated heterocycles. The van der Waals surface area contributed by atoms with E-state index in [0.29, 0.717) is 25.1 Å². The van der Waals surface area contributed by atoms with Crippen molar-refractivity contribution in [3.05, 3.63) is 102 Å². The minimum absolute atomic E-state index is 0.490. The van der Waals surface area contributed by atoms with Gasteiger partial charge in [-0.2, -0.15) is 0 Å². The predicted octanol–water partition coefficient (Wildman–Crippen LogP) is 5.74. The molecule has 7 nitrogen and oxygen atoms in total. The molecule has 3 aromatic carbocycles. The van der Waals surface area contributed by atoms with E-state index in [1.165, 1.54) is 0 Å². The van der Waals surface area contributed by atoms with Crippen LogP contribution in [0.1, 0.15) is 29.7 Å². The molecule has 2 heterocycles. The summed E-state index contributed by atoms with van der Waals surface area (Å²) in [6.45, 7) is 2.42. The molecule has 1 aliphatic rings. The summed E-state index contributed by atoms with van der Waals surface area (Å²) in [5, 5.41) is 22.2. The molecule has 178 valence electrons. The Hall–Kier alpha value is -4.52. The molecule has 1 saturated carbocycles. The Morgan fingerprint density at radius 2 is 1.56 bits per heavy atom. The zero-order valence-corrected chi connectivity index (χ0v) is 19.8. The first-order valence-electron chi connectivity index (χ1n) is 11.9. The maximum atomic E-state index is 11.6. The standard InChI is InChI=1S/C29H24N4O3/c1-19-25(18-33-26(17-30-32-33)22-5-3-2-4-6-22)27(36-31-19)23-9-7-20(8-10-23)21-11-13-24(14-12-21)29(15-16-29)28(34)35/h2-14,17H,15-16,18H2,1H3,(H,34,35). The fourth-order valence-corrected chi connectivity index (χ4v) is 4.71. The van der Waals surface area contributed by atoms with Crippen molar-refractivity contribution in [3.63, 3.8) is 0 Å². The van der Waals surface area contributed by atoms with Crippen molar-refractivity contribution in [3.8, 4) is 33.7 Å². The minimum atomic E-state index is -0.737. The Bertz CT molecular complexity index is 1530. The molecular formula is C29H24N4O3. The average molecular weight is 477 g/mol. The first-order valence-corrected chi connectivity index (χ1v) is 11.9. The second kappa shape index (κ2) is 8.61. The van der Waals surface area contributed by atoms with Gasteiger partial charge in [0.25, 0.3) is 0 Å². The van der Waals surface area contributed by atoms with Gasteiger partial charge in [0.05, 0.1) is 29.5 Å². The predicted molar refractivity (Wildman–Crippen MR) is 135 cm³/mol. The number of aryl methyl sites for hydroxylation is 1. The molecule has 0 radical (unpaired) electrons. The van der Waals surface area contributed by atoms with Crippen molar-refractivity contribution in [2.75, 3.05) is 0 Å². The van der Waals surface area contributed by atoms with Crippen LogP contribution < -0.4 is 0 Å². The van der Waals surface area contributed by atoms with E-state index in [4.69, 9.17) is 4.52 Å². The lowest BCUT2D eigenvalue weighted by Gasteiger charge is -2.11. The van der Waals surface area contributed by atoms with Crippen LogP contribution in [0.2, 0.25) is 0 Å². The van der Waals surface area contributed by atoms with Crippen molar-refractivity contribution in [1.29, 1.82) is 0 Å². The molecule has 36 heavy (non-hydrogen) atoms. The van der Waals surface area contributed by atoms with E-state index in [1.807, 2.05) is 90.5 Å². The molecule has 2 aromatic heterocycles. The molecular weight excluding hydrogens is 452 g/mol. The quantitative estimate of drug-likeness (QED) is 0.322. The van der Waals surface area contributed by atoms with Crippen molar-refractivity contribution in [2.45, 2.75) is 31.7 Å². The molecule has 5 aromatic rings. The third-order valence-electron chi connectivity index (χ3n) is 7.06. The molecule has 1 fully saturated rings. The Labute approximate surface area is 208 Å². The fourth-order valence-electron chi connectivity index (χ4n) is 4.71. The maximum Gasteiger partial charge on any atom is 0.314 e. The van der Waals surface area contributed by atoms with Gasteiger partial charge in [-0.1, -0.05) is 89.2 Å². The molecule has 0 atom stereocenters. The highest BCUT2D eigenvalue weighted by Gasteiger charge is 2.51. The van der Waals surface area contributed by atoms with Crippen LogP contribution in [0.5, 0.6) is 0 Å². The zero-order chi connectivity index (χ0) is 24.7. The Morgan fingerprint density at radius 3 is 2.19 bits per heavy atom. The van der Waals surface area contributed by atoms with E-state index >= 15 is 0 Å². The summed E-state index contributed by atoms with van der Waals surface area (Å²) in [6.07, 6.45) is 3.17. The molecule has 0 aliphatic heterocycles. The molecule has 7 heteroatoms. The van der Waals surface area contributed by atoms with Crippen LogP contribution in [0.15, 0.2) is 89.6 Å². The summed E-state index contributed by atoms with van der Waals surface area (Å²) < 4.78 is 7.60. The van der Waals surface area contributed by atoms with Crippen LogP contribution in [0, 0.1) is 6.92 Å². The van der Waals surface area contributed by atoms with E-state index in [1.54, 1.807) is 6.20 Å². The summed E-state index contributed by atoms with van der Waals surface area (Å²) in [4.78, 5) is 11.6. The highest BCUT2D eigenvalue weighted by molar-refractivity contribution is 5.85. The topological polar surface area (TPSA) is 94.0 Å². The van der Waals surface area contributed by atoms with Gasteiger partial charge in [0.15, 0.2) is 5.76 Å². The van der Waals surface area contributed by atoms with Gasteiger partial charge in [0.1, 0.15) is 0 Å². The van der Waals surface area contributed by atoms with E-state index in [2.05, 4.69) is 15.5 Å². The van der Waals surface area contributed by atoms with Crippen LogP contribution >= 0.6 is 0 Å². The minimum Gasteiger partial charge on any atom is -0.481 e. The zero-order valence-electron chi connectivity index (χ0n) is 19.8. The van der Waals surface area contributed by atoms with Gasteiger partial charge in [-0.15, -0.1) is 5.10 Å². The molecule has 0 unspecified atom stereocenters. The number of carboxylic acids is 1. The second-order valence-corrected chi connectivity index (χ2v) is 9.26. The van der Waals surface area contributed by atoms with Crippen LogP contribution in [-0.2, 0) is 16.8 Å². The third kappa shape index (κ3) is 3.79. The lowest BCUT2D eigenvalue weighted by Crippen LogP contribution is -2.19. The number of hydrogen-bond donors (Lipinski definition) is 1. The van der Waals surface area contributed by atoms with Gasteiger partial charge < -0.3 is 9.63 Å². The number of rotatable bonds is 7. The van der Waals surface area contributed by atoms with Crippen molar-refractivity contribution in [1.82, 2.24) is 20.2 Å². The van der Waals surface area contributed by atoms with Gasteiger partial charge in [-0.05, 0) is 36.5 Å². The summed E-state index contributed by atoms with van der Waals surface area (Å²) in [7, 11) is 0. The number of carbonyl (C=O) groups is 1. The lowest BCUT2D eigenvalue weighted by atomic mass is 9.93. The van der Waals surface area contributed by atoms with E-state index < -0.39 is 11.4 Å². The molecule has 0 spiro atoms. The number of aromatic nitrogens is 4. The van der Waals surface area contributed by atoms with Crippen LogP contribution in [0.3, 0.4) is 0 Å². The third-order valence-corrected chi connectivity index (χ3v) is 7.06. The number of carboxylic acid groups (broad SMARTS) is 1. The summed E-state index contributed by atoms with van der Waals surface area (Å²) in [6, 6.07) is 26.0. The Balaban J connectivity index is 1.26. The first kappa shape index (κ1) is 22.0. The Kier molecular flexibility index (Phi) is 5.25. The highest BCUT2D eigenvalue weighted by Crippen LogP contribution is 2.48. The first-order chi connectivity index (χ1) is 17.5. The molecule has 6 rings (SSSR count). The smallest absolute Gasteiger partial charge is 0.314 e. The van der Waals surface area contributed by atoms with E-state index in [0.717, 1.165) is 44.8 Å². The molecule has 0 bridgehead atoms. The van der Waals surface area contributed by atoms with Crippen LogP contribution in [0.25, 0.3) is 33.7 Å².